The topological polar surface area (TPSA) is 100 Å². The summed E-state index contributed by atoms with van der Waals surface area (Å²) in [7, 11) is 0. The number of fused-ring (bicyclic) bond motifs is 2. The summed E-state index contributed by atoms with van der Waals surface area (Å²) in [6.07, 6.45) is 2.63. The van der Waals surface area contributed by atoms with Gasteiger partial charge < -0.3 is 24.3 Å². The molecule has 2 heterocycles. The molecular weight excluding hydrogens is 434 g/mol. The van der Waals surface area contributed by atoms with Crippen LogP contribution < -0.4 is 14.8 Å². The highest BCUT2D eigenvalue weighted by Crippen LogP contribution is 2.38. The van der Waals surface area contributed by atoms with Gasteiger partial charge in [0.2, 0.25) is 0 Å². The monoisotopic (exact) mass is 459 g/mol. The lowest BCUT2D eigenvalue weighted by molar-refractivity contribution is -0.123. The number of rotatable bonds is 6. The molecule has 2 aromatic rings. The van der Waals surface area contributed by atoms with Gasteiger partial charge in [-0.05, 0) is 63.3 Å². The third-order valence-electron chi connectivity index (χ3n) is 5.32. The van der Waals surface area contributed by atoms with Crippen LogP contribution in [0.25, 0.3) is 0 Å². The first-order valence-corrected chi connectivity index (χ1v) is 11.5. The Morgan fingerprint density at radius 3 is 2.62 bits per heavy atom. The van der Waals surface area contributed by atoms with Crippen LogP contribution >= 0.6 is 11.3 Å². The van der Waals surface area contributed by atoms with Gasteiger partial charge in [0, 0.05) is 4.88 Å². The van der Waals surface area contributed by atoms with Gasteiger partial charge in [0.25, 0.3) is 5.91 Å². The zero-order chi connectivity index (χ0) is 22.7. The van der Waals surface area contributed by atoms with Crippen molar-refractivity contribution in [1.29, 1.82) is 0 Å². The van der Waals surface area contributed by atoms with Crippen molar-refractivity contribution in [3.63, 3.8) is 0 Å². The fourth-order valence-electron chi connectivity index (χ4n) is 3.74. The van der Waals surface area contributed by atoms with E-state index in [0.717, 1.165) is 36.1 Å². The van der Waals surface area contributed by atoms with Crippen molar-refractivity contribution in [2.24, 2.45) is 0 Å². The number of aryl methyl sites for hydroxylation is 1. The van der Waals surface area contributed by atoms with Crippen LogP contribution in [-0.4, -0.2) is 43.8 Å². The zero-order valence-electron chi connectivity index (χ0n) is 18.0. The van der Waals surface area contributed by atoms with Crippen LogP contribution in [0.3, 0.4) is 0 Å². The summed E-state index contributed by atoms with van der Waals surface area (Å²) in [4.78, 5) is 39.0. The first-order chi connectivity index (χ1) is 15.5. The molecule has 32 heavy (non-hydrogen) atoms. The molecule has 4 rings (SSSR count). The number of carbonyl (C=O) groups is 3. The van der Waals surface area contributed by atoms with Crippen LogP contribution in [-0.2, 0) is 27.1 Å². The maximum absolute atomic E-state index is 12.8. The van der Waals surface area contributed by atoms with Crippen molar-refractivity contribution in [3.05, 3.63) is 39.8 Å². The molecule has 170 valence electrons. The van der Waals surface area contributed by atoms with Gasteiger partial charge in [-0.1, -0.05) is 0 Å². The SMILES string of the molecule is CCOC(=O)c1c(NC(=O)C(C)OC(=O)c2ccc3c(c2)OCCO3)sc2c1CCCC2. The summed E-state index contributed by atoms with van der Waals surface area (Å²) < 4.78 is 21.5. The number of nitrogens with one attached hydrogen (secondary N) is 1. The molecule has 1 aliphatic carbocycles. The van der Waals surface area contributed by atoms with Crippen LogP contribution in [0, 0.1) is 0 Å². The molecule has 2 aliphatic rings. The van der Waals surface area contributed by atoms with Crippen LogP contribution in [0.1, 0.15) is 57.8 Å². The van der Waals surface area contributed by atoms with Crippen molar-refractivity contribution in [1.82, 2.24) is 0 Å². The van der Waals surface area contributed by atoms with Crippen molar-refractivity contribution >= 4 is 34.2 Å². The summed E-state index contributed by atoms with van der Waals surface area (Å²) >= 11 is 1.39. The maximum atomic E-state index is 12.8. The van der Waals surface area contributed by atoms with Gasteiger partial charge in [-0.15, -0.1) is 11.3 Å². The third-order valence-corrected chi connectivity index (χ3v) is 6.53. The van der Waals surface area contributed by atoms with E-state index >= 15 is 0 Å². The first kappa shape index (κ1) is 22.1. The van der Waals surface area contributed by atoms with Crippen molar-refractivity contribution in [2.45, 2.75) is 45.6 Å². The lowest BCUT2D eigenvalue weighted by Gasteiger charge is -2.19. The van der Waals surface area contributed by atoms with Gasteiger partial charge in [-0.2, -0.15) is 0 Å². The Morgan fingerprint density at radius 2 is 1.84 bits per heavy atom. The van der Waals surface area contributed by atoms with Gasteiger partial charge in [0.1, 0.15) is 18.2 Å². The minimum absolute atomic E-state index is 0.250. The van der Waals surface area contributed by atoms with E-state index in [9.17, 15) is 14.4 Å². The van der Waals surface area contributed by atoms with E-state index in [1.165, 1.54) is 24.3 Å². The van der Waals surface area contributed by atoms with E-state index in [4.69, 9.17) is 18.9 Å². The lowest BCUT2D eigenvalue weighted by Crippen LogP contribution is -2.30. The maximum Gasteiger partial charge on any atom is 0.341 e. The van der Waals surface area contributed by atoms with Gasteiger partial charge in [0.05, 0.1) is 17.7 Å². The number of benzene rings is 1. The van der Waals surface area contributed by atoms with Crippen molar-refractivity contribution in [3.8, 4) is 11.5 Å². The third kappa shape index (κ3) is 4.57. The van der Waals surface area contributed by atoms with Gasteiger partial charge in [-0.3, -0.25) is 4.79 Å². The molecular formula is C23H25NO7S. The molecule has 0 saturated heterocycles. The molecule has 1 aromatic carbocycles. The number of ether oxygens (including phenoxy) is 4. The zero-order valence-corrected chi connectivity index (χ0v) is 18.8. The molecule has 0 spiro atoms. The molecule has 1 aromatic heterocycles. The molecule has 0 bridgehead atoms. The average Bonchev–Trinajstić information content (AvgIpc) is 3.16. The number of amides is 1. The number of esters is 2. The highest BCUT2D eigenvalue weighted by atomic mass is 32.1. The predicted molar refractivity (Wildman–Crippen MR) is 118 cm³/mol. The second-order valence-electron chi connectivity index (χ2n) is 7.53. The Kier molecular flexibility index (Phi) is 6.64. The quantitative estimate of drug-likeness (QED) is 0.657. The van der Waals surface area contributed by atoms with Crippen LogP contribution in [0.4, 0.5) is 5.00 Å². The Bertz CT molecular complexity index is 1050. The van der Waals surface area contributed by atoms with E-state index in [0.29, 0.717) is 35.3 Å². The molecule has 1 aliphatic heterocycles. The van der Waals surface area contributed by atoms with Gasteiger partial charge in [-0.25, -0.2) is 9.59 Å². The van der Waals surface area contributed by atoms with Crippen molar-refractivity contribution < 1.29 is 33.3 Å². The van der Waals surface area contributed by atoms with Crippen LogP contribution in [0.5, 0.6) is 11.5 Å². The summed E-state index contributed by atoms with van der Waals surface area (Å²) in [6.45, 7) is 4.34. The molecule has 1 amide bonds. The van der Waals surface area contributed by atoms with E-state index < -0.39 is 23.9 Å². The molecule has 0 saturated carbocycles. The molecule has 1 N–H and O–H groups in total. The average molecular weight is 460 g/mol. The highest BCUT2D eigenvalue weighted by molar-refractivity contribution is 7.17. The molecule has 0 radical (unpaired) electrons. The van der Waals surface area contributed by atoms with E-state index in [1.807, 2.05) is 0 Å². The fraction of sp³-hybridized carbons (Fsp3) is 0.435. The lowest BCUT2D eigenvalue weighted by atomic mass is 9.95. The molecule has 1 atom stereocenters. The van der Waals surface area contributed by atoms with Crippen LogP contribution in [0.15, 0.2) is 18.2 Å². The van der Waals surface area contributed by atoms with E-state index in [1.54, 1.807) is 19.1 Å². The van der Waals surface area contributed by atoms with E-state index in [2.05, 4.69) is 5.32 Å². The summed E-state index contributed by atoms with van der Waals surface area (Å²) in [5.41, 5.74) is 1.63. The Labute approximate surface area is 189 Å². The summed E-state index contributed by atoms with van der Waals surface area (Å²) in [5.74, 6) is -0.582. The standard InChI is InChI=1S/C23H25NO7S/c1-3-28-23(27)19-15-6-4-5-7-18(15)32-21(19)24-20(25)13(2)31-22(26)14-8-9-16-17(12-14)30-11-10-29-16/h8-9,12-13H,3-7,10-11H2,1-2H3,(H,24,25). The molecule has 0 fully saturated rings. The van der Waals surface area contributed by atoms with Gasteiger partial charge >= 0.3 is 11.9 Å². The normalized spacial score (nSPS) is 15.3. The largest absolute Gasteiger partial charge is 0.486 e. The Morgan fingerprint density at radius 1 is 1.09 bits per heavy atom. The fourth-order valence-corrected chi connectivity index (χ4v) is 5.02. The number of hydrogen-bond acceptors (Lipinski definition) is 8. The molecule has 8 nitrogen and oxygen atoms in total. The van der Waals surface area contributed by atoms with Crippen LogP contribution in [0.2, 0.25) is 0 Å². The number of hydrogen-bond donors (Lipinski definition) is 1. The van der Waals surface area contributed by atoms with Crippen molar-refractivity contribution in [2.75, 3.05) is 25.1 Å². The summed E-state index contributed by atoms with van der Waals surface area (Å²) in [6, 6.07) is 4.73. The molecule has 9 heteroatoms. The molecule has 1 unspecified atom stereocenters. The number of carbonyl (C=O) groups excluding carboxylic acids is 3. The second-order valence-corrected chi connectivity index (χ2v) is 8.64. The smallest absolute Gasteiger partial charge is 0.341 e. The number of anilines is 1. The predicted octanol–water partition coefficient (Wildman–Crippen LogP) is 3.76. The highest BCUT2D eigenvalue weighted by Gasteiger charge is 2.29. The Balaban J connectivity index is 1.46. The second kappa shape index (κ2) is 9.60. The van der Waals surface area contributed by atoms with E-state index in [-0.39, 0.29) is 12.2 Å². The van der Waals surface area contributed by atoms with Gasteiger partial charge in [0.15, 0.2) is 17.6 Å². The summed E-state index contributed by atoms with van der Waals surface area (Å²) in [5, 5.41) is 3.22. The first-order valence-electron chi connectivity index (χ1n) is 10.7. The minimum Gasteiger partial charge on any atom is -0.486 e. The number of thiophene rings is 1. The minimum atomic E-state index is -1.06. The Hall–Kier alpha value is -3.07.